The summed E-state index contributed by atoms with van der Waals surface area (Å²) in [6.07, 6.45) is 4.71. The van der Waals surface area contributed by atoms with Gasteiger partial charge in [0.2, 0.25) is 0 Å². The van der Waals surface area contributed by atoms with E-state index in [9.17, 15) is 4.79 Å². The number of anilines is 1. The van der Waals surface area contributed by atoms with Crippen LogP contribution in [0.5, 0.6) is 0 Å². The second kappa shape index (κ2) is 6.30. The molecule has 2 aromatic rings. The van der Waals surface area contributed by atoms with Gasteiger partial charge in [0, 0.05) is 11.7 Å². The molecule has 0 aliphatic rings. The van der Waals surface area contributed by atoms with Crippen molar-refractivity contribution in [3.8, 4) is 0 Å². The smallest absolute Gasteiger partial charge is 0.271 e. The maximum absolute atomic E-state index is 12.0. The molecular formula is C15H19N5O. The number of amides is 1. The summed E-state index contributed by atoms with van der Waals surface area (Å²) in [6, 6.07) is 5.56. The van der Waals surface area contributed by atoms with Crippen LogP contribution >= 0.6 is 0 Å². The summed E-state index contributed by atoms with van der Waals surface area (Å²) < 4.78 is 0. The molecule has 0 aliphatic carbocycles. The minimum Gasteiger partial charge on any atom is -0.364 e. The zero-order chi connectivity index (χ0) is 15.3. The number of aromatic nitrogens is 3. The van der Waals surface area contributed by atoms with Crippen molar-refractivity contribution < 1.29 is 4.79 Å². The highest BCUT2D eigenvalue weighted by atomic mass is 16.1. The van der Waals surface area contributed by atoms with Gasteiger partial charge in [-0.25, -0.2) is 9.97 Å². The first-order valence-corrected chi connectivity index (χ1v) is 6.72. The van der Waals surface area contributed by atoms with Crippen LogP contribution in [0.1, 0.15) is 37.0 Å². The lowest BCUT2D eigenvalue weighted by atomic mass is 10.1. The van der Waals surface area contributed by atoms with Crippen molar-refractivity contribution in [1.29, 1.82) is 0 Å². The molecule has 0 fully saturated rings. The molecule has 0 aromatic carbocycles. The Balaban J connectivity index is 1.94. The summed E-state index contributed by atoms with van der Waals surface area (Å²) in [7, 11) is 0. The third-order valence-electron chi connectivity index (χ3n) is 2.54. The highest BCUT2D eigenvalue weighted by Gasteiger charge is 2.12. The van der Waals surface area contributed by atoms with Gasteiger partial charge in [0.1, 0.15) is 11.5 Å². The Morgan fingerprint density at radius 1 is 1.14 bits per heavy atom. The molecule has 0 saturated carbocycles. The Kier molecular flexibility index (Phi) is 4.47. The van der Waals surface area contributed by atoms with E-state index in [-0.39, 0.29) is 17.1 Å². The van der Waals surface area contributed by atoms with Crippen molar-refractivity contribution in [1.82, 2.24) is 20.3 Å². The van der Waals surface area contributed by atoms with Crippen LogP contribution in [0.4, 0.5) is 5.82 Å². The summed E-state index contributed by atoms with van der Waals surface area (Å²) in [5, 5.41) is 5.95. The van der Waals surface area contributed by atoms with E-state index in [1.807, 2.05) is 39.0 Å². The third-order valence-corrected chi connectivity index (χ3v) is 2.54. The number of carbonyl (C=O) groups excluding carboxylic acids is 1. The molecular weight excluding hydrogens is 266 g/mol. The maximum atomic E-state index is 12.0. The van der Waals surface area contributed by atoms with Gasteiger partial charge in [-0.3, -0.25) is 9.78 Å². The van der Waals surface area contributed by atoms with Gasteiger partial charge < -0.3 is 10.6 Å². The van der Waals surface area contributed by atoms with Crippen LogP contribution in [0.3, 0.4) is 0 Å². The molecule has 2 aromatic heterocycles. The normalized spacial score (nSPS) is 11.0. The van der Waals surface area contributed by atoms with Crippen LogP contribution in [0.25, 0.3) is 0 Å². The lowest BCUT2D eigenvalue weighted by molar-refractivity contribution is 0.0945. The van der Waals surface area contributed by atoms with Crippen LogP contribution in [0.15, 0.2) is 36.8 Å². The average molecular weight is 285 g/mol. The van der Waals surface area contributed by atoms with Gasteiger partial charge in [-0.2, -0.15) is 0 Å². The van der Waals surface area contributed by atoms with Crippen molar-refractivity contribution in [2.75, 3.05) is 5.32 Å². The van der Waals surface area contributed by atoms with Crippen molar-refractivity contribution in [2.45, 2.75) is 32.9 Å². The summed E-state index contributed by atoms with van der Waals surface area (Å²) in [4.78, 5) is 24.4. The molecule has 0 atom stereocenters. The van der Waals surface area contributed by atoms with E-state index >= 15 is 0 Å². The highest BCUT2D eigenvalue weighted by molar-refractivity contribution is 5.91. The number of hydrogen-bond acceptors (Lipinski definition) is 5. The zero-order valence-electron chi connectivity index (χ0n) is 12.4. The molecule has 0 spiro atoms. The second-order valence-electron chi connectivity index (χ2n) is 5.67. The number of nitrogens with zero attached hydrogens (tertiary/aromatic N) is 3. The van der Waals surface area contributed by atoms with E-state index in [2.05, 4.69) is 25.6 Å². The van der Waals surface area contributed by atoms with Crippen molar-refractivity contribution in [3.05, 3.63) is 48.2 Å². The van der Waals surface area contributed by atoms with Crippen molar-refractivity contribution >= 4 is 11.7 Å². The van der Waals surface area contributed by atoms with Gasteiger partial charge >= 0.3 is 0 Å². The molecule has 0 unspecified atom stereocenters. The summed E-state index contributed by atoms with van der Waals surface area (Å²) in [5.41, 5.74) is 0.979. The van der Waals surface area contributed by atoms with Gasteiger partial charge in [-0.05, 0) is 32.9 Å². The molecule has 0 bridgehead atoms. The Bertz CT molecular complexity index is 590. The van der Waals surface area contributed by atoms with Gasteiger partial charge in [-0.1, -0.05) is 6.07 Å². The van der Waals surface area contributed by atoms with Crippen LogP contribution in [0, 0.1) is 0 Å². The van der Waals surface area contributed by atoms with Crippen LogP contribution in [-0.4, -0.2) is 26.4 Å². The quantitative estimate of drug-likeness (QED) is 0.898. The minimum absolute atomic E-state index is 0.0998. The lowest BCUT2D eigenvalue weighted by Gasteiger charge is -2.20. The number of hydrogen-bond donors (Lipinski definition) is 2. The fourth-order valence-corrected chi connectivity index (χ4v) is 1.66. The first-order valence-electron chi connectivity index (χ1n) is 6.72. The predicted octanol–water partition coefficient (Wildman–Crippen LogP) is 2.01. The van der Waals surface area contributed by atoms with Crippen LogP contribution in [0.2, 0.25) is 0 Å². The Hall–Kier alpha value is -2.50. The number of nitrogens with one attached hydrogen (secondary N) is 2. The SMILES string of the molecule is CC(C)(C)Nc1cnc(C(=O)NCc2ccccn2)cn1. The molecule has 6 nitrogen and oxygen atoms in total. The molecule has 0 saturated heterocycles. The lowest BCUT2D eigenvalue weighted by Crippen LogP contribution is -2.27. The van der Waals surface area contributed by atoms with Crippen molar-refractivity contribution in [3.63, 3.8) is 0 Å². The first kappa shape index (κ1) is 14.9. The topological polar surface area (TPSA) is 79.8 Å². The number of pyridine rings is 1. The zero-order valence-corrected chi connectivity index (χ0v) is 12.4. The summed E-state index contributed by atoms with van der Waals surface area (Å²) in [6.45, 7) is 6.45. The summed E-state index contributed by atoms with van der Waals surface area (Å²) in [5.74, 6) is 0.374. The van der Waals surface area contributed by atoms with Gasteiger partial charge in [-0.15, -0.1) is 0 Å². The fourth-order valence-electron chi connectivity index (χ4n) is 1.66. The monoisotopic (exact) mass is 285 g/mol. The van der Waals surface area contributed by atoms with E-state index in [0.29, 0.717) is 12.4 Å². The molecule has 110 valence electrons. The molecule has 1 amide bonds. The average Bonchev–Trinajstić information content (AvgIpc) is 2.45. The Morgan fingerprint density at radius 2 is 1.95 bits per heavy atom. The van der Waals surface area contributed by atoms with Gasteiger partial charge in [0.15, 0.2) is 0 Å². The van der Waals surface area contributed by atoms with Gasteiger partial charge in [0.25, 0.3) is 5.91 Å². The third kappa shape index (κ3) is 4.83. The summed E-state index contributed by atoms with van der Waals surface area (Å²) >= 11 is 0. The Morgan fingerprint density at radius 3 is 2.52 bits per heavy atom. The molecule has 21 heavy (non-hydrogen) atoms. The predicted molar refractivity (Wildman–Crippen MR) is 80.8 cm³/mol. The van der Waals surface area contributed by atoms with Crippen LogP contribution in [-0.2, 0) is 6.54 Å². The highest BCUT2D eigenvalue weighted by Crippen LogP contribution is 2.10. The first-order chi connectivity index (χ1) is 9.94. The van der Waals surface area contributed by atoms with Crippen LogP contribution < -0.4 is 10.6 Å². The molecule has 6 heteroatoms. The van der Waals surface area contributed by atoms with Crippen molar-refractivity contribution in [2.24, 2.45) is 0 Å². The van der Waals surface area contributed by atoms with E-state index in [1.165, 1.54) is 6.20 Å². The second-order valence-corrected chi connectivity index (χ2v) is 5.67. The fraction of sp³-hybridized carbons (Fsp3) is 0.333. The molecule has 0 aliphatic heterocycles. The molecule has 2 heterocycles. The van der Waals surface area contributed by atoms with E-state index in [4.69, 9.17) is 0 Å². The molecule has 2 rings (SSSR count). The largest absolute Gasteiger partial charge is 0.364 e. The van der Waals surface area contributed by atoms with E-state index in [0.717, 1.165) is 5.69 Å². The van der Waals surface area contributed by atoms with E-state index < -0.39 is 0 Å². The van der Waals surface area contributed by atoms with Gasteiger partial charge in [0.05, 0.1) is 24.6 Å². The van der Waals surface area contributed by atoms with E-state index in [1.54, 1.807) is 12.4 Å². The number of carbonyl (C=O) groups is 1. The standard InChI is InChI=1S/C15H19N5O/c1-15(2,3)20-13-10-17-12(9-18-13)14(21)19-8-11-6-4-5-7-16-11/h4-7,9-10H,8H2,1-3H3,(H,18,20)(H,19,21). The molecule has 0 radical (unpaired) electrons. The Labute approximate surface area is 124 Å². The maximum Gasteiger partial charge on any atom is 0.271 e. The molecule has 2 N–H and O–H groups in total. The minimum atomic E-state index is -0.268. The number of rotatable bonds is 4.